The van der Waals surface area contributed by atoms with Crippen LogP contribution in [-0.4, -0.2) is 124 Å². The van der Waals surface area contributed by atoms with Crippen LogP contribution in [0.1, 0.15) is 0 Å². The molecular formula is C31H24ClN7O23S7. The van der Waals surface area contributed by atoms with Crippen LogP contribution < -0.4 is 10.6 Å². The van der Waals surface area contributed by atoms with Crippen LogP contribution in [0.4, 0.5) is 34.6 Å². The Morgan fingerprint density at radius 2 is 1.14 bits per heavy atom. The fourth-order valence-corrected chi connectivity index (χ4v) is 11.2. The second-order valence-corrected chi connectivity index (χ2v) is 23.9. The minimum Gasteiger partial charge on any atom is -0.505 e. The van der Waals surface area contributed by atoms with E-state index >= 15 is 0 Å². The van der Waals surface area contributed by atoms with Crippen molar-refractivity contribution in [1.82, 2.24) is 15.0 Å². The van der Waals surface area contributed by atoms with Crippen LogP contribution in [0.5, 0.6) is 11.5 Å². The zero-order valence-electron chi connectivity index (χ0n) is 32.9. The van der Waals surface area contributed by atoms with E-state index in [0.717, 1.165) is 30.3 Å². The lowest BCUT2D eigenvalue weighted by molar-refractivity contribution is 0.284. The molecule has 10 N–H and O–H groups in total. The van der Waals surface area contributed by atoms with Gasteiger partial charge in [0.15, 0.2) is 21.3 Å². The number of phenolic OH excluding ortho intramolecular Hbond substituents is 2. The molecule has 0 amide bonds. The zero-order chi connectivity index (χ0) is 51.6. The van der Waals surface area contributed by atoms with Crippen molar-refractivity contribution < 1.29 is 101 Å². The topological polar surface area (TPSA) is 498 Å². The van der Waals surface area contributed by atoms with Gasteiger partial charge in [-0.3, -0.25) is 27.3 Å². The fraction of sp³-hybridized carbons (Fsp3) is 0.0645. The van der Waals surface area contributed by atoms with E-state index in [4.69, 9.17) is 16.2 Å². The standard InChI is InChI=1S/C31H24ClN7O23S7/c32-29-35-30(37-31(36-29)34-20-10-14(12-23(26(20)40)67(53,54)55)63(42,43)7-6-62-69(59,60)61)33-19-11-15(64(44,45)46)8-13-9-22(66(50,51)52)25(27(41)24(13)19)39-38-18-5-4-16-17(28(18)68(56,57)58)2-1-3-21(16)65(47,48)49/h1-5,8-12,40-41H,6-7H2,(H,44,45,46)(H,47,48,49)(H,50,51,52)(H,53,54,55)(H,56,57,58)(H,59,60,61)(H2,33,34,35,36,37). The van der Waals surface area contributed by atoms with Gasteiger partial charge in [0, 0.05) is 16.2 Å². The fourth-order valence-electron chi connectivity index (χ4n) is 6.09. The van der Waals surface area contributed by atoms with Crippen molar-refractivity contribution in [2.45, 2.75) is 29.4 Å². The highest BCUT2D eigenvalue weighted by Crippen LogP contribution is 2.47. The van der Waals surface area contributed by atoms with E-state index in [1.807, 2.05) is 0 Å². The molecule has 69 heavy (non-hydrogen) atoms. The number of phenols is 2. The Morgan fingerprint density at radius 3 is 1.70 bits per heavy atom. The van der Waals surface area contributed by atoms with Gasteiger partial charge < -0.3 is 20.8 Å². The van der Waals surface area contributed by atoms with E-state index in [1.54, 1.807) is 0 Å². The van der Waals surface area contributed by atoms with E-state index in [0.29, 0.717) is 24.3 Å². The Labute approximate surface area is 392 Å². The molecule has 370 valence electrons. The first kappa shape index (κ1) is 52.5. The summed E-state index contributed by atoms with van der Waals surface area (Å²) in [7, 11) is -36.7. The van der Waals surface area contributed by atoms with Crippen LogP contribution >= 0.6 is 11.6 Å². The zero-order valence-corrected chi connectivity index (χ0v) is 39.3. The minimum atomic E-state index is -5.57. The van der Waals surface area contributed by atoms with Gasteiger partial charge in [-0.05, 0) is 59.5 Å². The van der Waals surface area contributed by atoms with E-state index in [-0.39, 0.29) is 6.07 Å². The molecule has 1 heterocycles. The van der Waals surface area contributed by atoms with Crippen LogP contribution in [0, 0.1) is 0 Å². The first-order chi connectivity index (χ1) is 31.5. The average Bonchev–Trinajstić information content (AvgIpc) is 3.17. The number of rotatable bonds is 16. The van der Waals surface area contributed by atoms with Crippen molar-refractivity contribution in [1.29, 1.82) is 0 Å². The van der Waals surface area contributed by atoms with Crippen LogP contribution in [-0.2, 0) is 75.0 Å². The van der Waals surface area contributed by atoms with Crippen LogP contribution in [0.2, 0.25) is 5.28 Å². The third-order valence-electron chi connectivity index (χ3n) is 8.81. The number of benzene rings is 5. The normalized spacial score (nSPS) is 13.3. The first-order valence-corrected chi connectivity index (χ1v) is 27.9. The van der Waals surface area contributed by atoms with Gasteiger partial charge in [0.05, 0.1) is 33.5 Å². The van der Waals surface area contributed by atoms with Gasteiger partial charge in [-0.1, -0.05) is 18.2 Å². The van der Waals surface area contributed by atoms with E-state index in [9.17, 15) is 91.9 Å². The molecule has 0 aliphatic rings. The van der Waals surface area contributed by atoms with E-state index < -0.39 is 186 Å². The molecule has 1 aromatic heterocycles. The molecule has 30 nitrogen and oxygen atoms in total. The molecule has 6 rings (SSSR count). The quantitative estimate of drug-likeness (QED) is 0.0378. The largest absolute Gasteiger partial charge is 0.505 e. The Balaban J connectivity index is 1.53. The van der Waals surface area contributed by atoms with Crippen molar-refractivity contribution in [3.8, 4) is 11.5 Å². The Kier molecular flexibility index (Phi) is 13.8. The molecule has 38 heteroatoms. The summed E-state index contributed by atoms with van der Waals surface area (Å²) in [6, 6.07) is 6.82. The molecule has 0 atom stereocenters. The SMILES string of the molecule is O=S(=O)(O)OCCS(=O)(=O)c1cc(Nc2nc(Cl)nc(Nc3cc(S(=O)(=O)O)cc4cc(S(=O)(=O)O)c(N=Nc5ccc6c(S(=O)(=O)O)cccc6c5S(=O)(=O)O)c(O)c34)n2)c(O)c(S(=O)(=O)O)c1. The molecule has 0 saturated carbocycles. The monoisotopic (exact) mass is 1120 g/mol. The van der Waals surface area contributed by atoms with E-state index in [2.05, 4.69) is 40.0 Å². The molecule has 0 radical (unpaired) electrons. The Bertz CT molecular complexity index is 4050. The number of hydrogen-bond donors (Lipinski definition) is 10. The molecule has 0 unspecified atom stereocenters. The molecule has 0 bridgehead atoms. The second kappa shape index (κ2) is 18.1. The van der Waals surface area contributed by atoms with Crippen LogP contribution in [0.25, 0.3) is 21.5 Å². The minimum absolute atomic E-state index is 0.254. The number of aromatic hydroxyl groups is 2. The van der Waals surface area contributed by atoms with Gasteiger partial charge >= 0.3 is 10.4 Å². The summed E-state index contributed by atoms with van der Waals surface area (Å²) in [5.41, 5.74) is -3.79. The van der Waals surface area contributed by atoms with Gasteiger partial charge in [0.1, 0.15) is 31.0 Å². The van der Waals surface area contributed by atoms with Crippen molar-refractivity contribution >= 4 is 139 Å². The van der Waals surface area contributed by atoms with Crippen molar-refractivity contribution in [2.24, 2.45) is 10.2 Å². The summed E-state index contributed by atoms with van der Waals surface area (Å²) in [6.45, 7) is -1.21. The number of aromatic nitrogens is 3. The molecule has 0 aliphatic heterocycles. The summed E-state index contributed by atoms with van der Waals surface area (Å²) in [4.78, 5) is 4.36. The number of anilines is 4. The Hall–Kier alpha value is -5.91. The van der Waals surface area contributed by atoms with Gasteiger partial charge in [0.25, 0.3) is 50.6 Å². The molecule has 0 fully saturated rings. The third-order valence-corrected chi connectivity index (χ3v) is 15.5. The van der Waals surface area contributed by atoms with E-state index in [1.165, 1.54) is 0 Å². The molecule has 0 spiro atoms. The number of sulfone groups is 1. The number of hydrogen-bond acceptors (Lipinski definition) is 24. The average molecular weight is 1120 g/mol. The summed E-state index contributed by atoms with van der Waals surface area (Å²) in [6.07, 6.45) is 0. The molecule has 5 aromatic carbocycles. The molecule has 0 saturated heterocycles. The molecule has 6 aromatic rings. The number of halogens is 1. The summed E-state index contributed by atoms with van der Waals surface area (Å²) >= 11 is 6.06. The number of nitrogens with one attached hydrogen (secondary N) is 2. The lowest BCUT2D eigenvalue weighted by Gasteiger charge is -2.16. The molecule has 0 aliphatic carbocycles. The maximum atomic E-state index is 13.0. The maximum Gasteiger partial charge on any atom is 0.397 e. The maximum absolute atomic E-state index is 13.0. The smallest absolute Gasteiger partial charge is 0.397 e. The third kappa shape index (κ3) is 11.8. The predicted octanol–water partition coefficient (Wildman–Crippen LogP) is 2.97. The summed E-state index contributed by atoms with van der Waals surface area (Å²) < 4.78 is 234. The predicted molar refractivity (Wildman–Crippen MR) is 232 cm³/mol. The number of fused-ring (bicyclic) bond motifs is 2. The van der Waals surface area contributed by atoms with Gasteiger partial charge in [0.2, 0.25) is 17.2 Å². The van der Waals surface area contributed by atoms with Crippen LogP contribution in [0.3, 0.4) is 0 Å². The first-order valence-electron chi connectivity index (χ1n) is 17.3. The van der Waals surface area contributed by atoms with Gasteiger partial charge in [-0.2, -0.15) is 65.5 Å². The summed E-state index contributed by atoms with van der Waals surface area (Å²) in [5.74, 6) is -5.67. The van der Waals surface area contributed by atoms with Crippen molar-refractivity contribution in [3.05, 3.63) is 65.9 Å². The number of nitrogens with zero attached hydrogens (tertiary/aromatic N) is 5. The van der Waals surface area contributed by atoms with Gasteiger partial charge in [-0.25, -0.2) is 12.6 Å². The second-order valence-electron chi connectivity index (χ2n) is 13.4. The highest BCUT2D eigenvalue weighted by atomic mass is 35.5. The van der Waals surface area contributed by atoms with Gasteiger partial charge in [-0.15, -0.1) is 10.2 Å². The lowest BCUT2D eigenvalue weighted by atomic mass is 10.1. The molecular weight excluding hydrogens is 1100 g/mol. The van der Waals surface area contributed by atoms with Crippen molar-refractivity contribution in [2.75, 3.05) is 23.0 Å². The highest BCUT2D eigenvalue weighted by Gasteiger charge is 2.29. The van der Waals surface area contributed by atoms with Crippen LogP contribution in [0.15, 0.2) is 100 Å². The lowest BCUT2D eigenvalue weighted by Crippen LogP contribution is -2.16. The summed E-state index contributed by atoms with van der Waals surface area (Å²) in [5, 5.41) is 30.8. The number of azo groups is 1. The Morgan fingerprint density at radius 1 is 0.565 bits per heavy atom. The highest BCUT2D eigenvalue weighted by molar-refractivity contribution is 7.91. The van der Waals surface area contributed by atoms with Crippen molar-refractivity contribution in [3.63, 3.8) is 0 Å².